The zero-order valence-electron chi connectivity index (χ0n) is 11.4. The fourth-order valence-electron chi connectivity index (χ4n) is 2.35. The number of benzene rings is 1. The Morgan fingerprint density at radius 2 is 2.05 bits per heavy atom. The first-order valence-electron chi connectivity index (χ1n) is 6.56. The van der Waals surface area contributed by atoms with Crippen LogP contribution in [-0.2, 0) is 0 Å². The molecule has 0 atom stereocenters. The van der Waals surface area contributed by atoms with E-state index in [0.717, 1.165) is 36.1 Å². The van der Waals surface area contributed by atoms with Gasteiger partial charge >= 0.3 is 6.03 Å². The van der Waals surface area contributed by atoms with Crippen LogP contribution in [0.3, 0.4) is 0 Å². The van der Waals surface area contributed by atoms with Crippen LogP contribution < -0.4 is 10.6 Å². The summed E-state index contributed by atoms with van der Waals surface area (Å²) < 4.78 is 0.918. The number of hydrogen-bond donors (Lipinski definition) is 1. The number of nitrogens with two attached hydrogens (primary N) is 1. The van der Waals surface area contributed by atoms with Crippen molar-refractivity contribution < 1.29 is 4.79 Å². The fourth-order valence-corrected chi connectivity index (χ4v) is 2.72. The highest BCUT2D eigenvalue weighted by molar-refractivity contribution is 9.10. The zero-order valence-corrected chi connectivity index (χ0v) is 13.0. The number of rotatable bonds is 1. The molecule has 1 aliphatic rings. The lowest BCUT2D eigenvalue weighted by Crippen LogP contribution is -2.45. The lowest BCUT2D eigenvalue weighted by atomic mass is 9.99. The molecule has 104 valence electrons. The van der Waals surface area contributed by atoms with Gasteiger partial charge in [0, 0.05) is 24.6 Å². The highest BCUT2D eigenvalue weighted by Crippen LogP contribution is 2.27. The Labute approximate surface area is 122 Å². The van der Waals surface area contributed by atoms with E-state index < -0.39 is 0 Å². The van der Waals surface area contributed by atoms with Crippen molar-refractivity contribution in [2.75, 3.05) is 30.8 Å². The second kappa shape index (κ2) is 5.82. The maximum Gasteiger partial charge on any atom is 0.324 e. The minimum absolute atomic E-state index is 0.0286. The molecule has 1 aromatic carbocycles. The van der Waals surface area contributed by atoms with Gasteiger partial charge in [0.2, 0.25) is 0 Å². The van der Waals surface area contributed by atoms with Crippen molar-refractivity contribution in [3.63, 3.8) is 0 Å². The molecule has 5 heteroatoms. The van der Waals surface area contributed by atoms with E-state index in [1.165, 1.54) is 0 Å². The Kier molecular flexibility index (Phi) is 4.34. The van der Waals surface area contributed by atoms with E-state index in [0.29, 0.717) is 11.6 Å². The normalized spacial score (nSPS) is 16.5. The minimum atomic E-state index is 0.0286. The van der Waals surface area contributed by atoms with E-state index in [-0.39, 0.29) is 6.03 Å². The zero-order chi connectivity index (χ0) is 14.0. The van der Waals surface area contributed by atoms with Crippen molar-refractivity contribution in [2.45, 2.75) is 19.8 Å². The van der Waals surface area contributed by atoms with Crippen LogP contribution >= 0.6 is 15.9 Å². The molecular weight excluding hydrogens is 306 g/mol. The van der Waals surface area contributed by atoms with Crippen LogP contribution in [0.25, 0.3) is 0 Å². The third-order valence-corrected chi connectivity index (χ3v) is 4.19. The Bertz CT molecular complexity index is 470. The summed E-state index contributed by atoms with van der Waals surface area (Å²) in [7, 11) is 1.78. The van der Waals surface area contributed by atoms with Gasteiger partial charge < -0.3 is 10.6 Å². The van der Waals surface area contributed by atoms with Crippen molar-refractivity contribution in [2.24, 2.45) is 5.92 Å². The van der Waals surface area contributed by atoms with Gasteiger partial charge in [-0.15, -0.1) is 0 Å². The van der Waals surface area contributed by atoms with Gasteiger partial charge in [-0.25, -0.2) is 4.79 Å². The molecular formula is C14H20BrN3O. The number of nitrogen functional groups attached to an aromatic ring is 1. The summed E-state index contributed by atoms with van der Waals surface area (Å²) in [5.74, 6) is 0.715. The molecule has 1 heterocycles. The molecule has 1 saturated heterocycles. The molecule has 1 aliphatic heterocycles. The van der Waals surface area contributed by atoms with Crippen LogP contribution in [0.1, 0.15) is 19.8 Å². The summed E-state index contributed by atoms with van der Waals surface area (Å²) in [5.41, 5.74) is 7.33. The van der Waals surface area contributed by atoms with E-state index in [1.54, 1.807) is 11.9 Å². The van der Waals surface area contributed by atoms with E-state index in [9.17, 15) is 4.79 Å². The van der Waals surface area contributed by atoms with Gasteiger partial charge in [0.25, 0.3) is 0 Å². The topological polar surface area (TPSA) is 49.6 Å². The Morgan fingerprint density at radius 3 is 2.63 bits per heavy atom. The van der Waals surface area contributed by atoms with Crippen LogP contribution in [0.15, 0.2) is 22.7 Å². The molecule has 1 fully saturated rings. The molecule has 0 radical (unpaired) electrons. The molecule has 1 aromatic rings. The smallest absolute Gasteiger partial charge is 0.324 e. The summed E-state index contributed by atoms with van der Waals surface area (Å²) in [6, 6.07) is 5.61. The number of carbonyl (C=O) groups is 1. The SMILES string of the molecule is CC1CCN(C(=O)N(C)c2ccc(Br)cc2N)CC1. The maximum absolute atomic E-state index is 12.4. The third-order valence-electron chi connectivity index (χ3n) is 3.69. The van der Waals surface area contributed by atoms with Gasteiger partial charge in [0.1, 0.15) is 0 Å². The summed E-state index contributed by atoms with van der Waals surface area (Å²) in [5, 5.41) is 0. The fraction of sp³-hybridized carbons (Fsp3) is 0.500. The van der Waals surface area contributed by atoms with Gasteiger partial charge in [-0.1, -0.05) is 22.9 Å². The average molecular weight is 326 g/mol. The van der Waals surface area contributed by atoms with Gasteiger partial charge in [-0.05, 0) is 37.0 Å². The quantitative estimate of drug-likeness (QED) is 0.805. The molecule has 2 N–H and O–H groups in total. The Balaban J connectivity index is 2.10. The number of carbonyl (C=O) groups excluding carboxylic acids is 1. The molecule has 0 unspecified atom stereocenters. The first kappa shape index (κ1) is 14.2. The molecule has 0 aromatic heterocycles. The maximum atomic E-state index is 12.4. The number of halogens is 1. The lowest BCUT2D eigenvalue weighted by molar-refractivity contribution is 0.181. The molecule has 19 heavy (non-hydrogen) atoms. The number of hydrogen-bond acceptors (Lipinski definition) is 2. The highest BCUT2D eigenvalue weighted by atomic mass is 79.9. The average Bonchev–Trinajstić information content (AvgIpc) is 2.38. The van der Waals surface area contributed by atoms with Crippen molar-refractivity contribution in [1.29, 1.82) is 0 Å². The molecule has 2 amide bonds. The second-order valence-corrected chi connectivity index (χ2v) is 6.13. The molecule has 0 spiro atoms. The standard InChI is InChI=1S/C14H20BrN3O/c1-10-5-7-18(8-6-10)14(19)17(2)13-4-3-11(15)9-12(13)16/h3-4,9-10H,5-8,16H2,1-2H3. The summed E-state index contributed by atoms with van der Waals surface area (Å²) >= 11 is 3.37. The number of anilines is 2. The monoisotopic (exact) mass is 325 g/mol. The number of nitrogens with zero attached hydrogens (tertiary/aromatic N) is 2. The number of amides is 2. The van der Waals surface area contributed by atoms with Gasteiger partial charge in [0.05, 0.1) is 11.4 Å². The van der Waals surface area contributed by atoms with Crippen LogP contribution in [0.4, 0.5) is 16.2 Å². The van der Waals surface area contributed by atoms with E-state index in [1.807, 2.05) is 23.1 Å². The van der Waals surface area contributed by atoms with Crippen molar-refractivity contribution in [3.8, 4) is 0 Å². The lowest BCUT2D eigenvalue weighted by Gasteiger charge is -2.33. The first-order valence-corrected chi connectivity index (χ1v) is 7.36. The number of piperidine rings is 1. The van der Waals surface area contributed by atoms with Crippen LogP contribution in [-0.4, -0.2) is 31.1 Å². The van der Waals surface area contributed by atoms with E-state index in [2.05, 4.69) is 22.9 Å². The number of urea groups is 1. The van der Waals surface area contributed by atoms with Crippen LogP contribution in [0.5, 0.6) is 0 Å². The first-order chi connectivity index (χ1) is 8.99. The Morgan fingerprint density at radius 1 is 1.42 bits per heavy atom. The predicted octanol–water partition coefficient (Wildman–Crippen LogP) is 3.32. The summed E-state index contributed by atoms with van der Waals surface area (Å²) in [4.78, 5) is 16.0. The van der Waals surface area contributed by atoms with Crippen molar-refractivity contribution in [3.05, 3.63) is 22.7 Å². The molecule has 0 aliphatic carbocycles. The van der Waals surface area contributed by atoms with E-state index >= 15 is 0 Å². The van der Waals surface area contributed by atoms with Gasteiger partial charge in [-0.2, -0.15) is 0 Å². The Hall–Kier alpha value is -1.23. The van der Waals surface area contributed by atoms with Gasteiger partial charge in [0.15, 0.2) is 0 Å². The van der Waals surface area contributed by atoms with E-state index in [4.69, 9.17) is 5.73 Å². The van der Waals surface area contributed by atoms with Crippen molar-refractivity contribution in [1.82, 2.24) is 4.90 Å². The largest absolute Gasteiger partial charge is 0.397 e. The molecule has 2 rings (SSSR count). The van der Waals surface area contributed by atoms with Crippen LogP contribution in [0, 0.1) is 5.92 Å². The van der Waals surface area contributed by atoms with Crippen LogP contribution in [0.2, 0.25) is 0 Å². The summed E-state index contributed by atoms with van der Waals surface area (Å²) in [6.07, 6.45) is 2.16. The van der Waals surface area contributed by atoms with Gasteiger partial charge in [-0.3, -0.25) is 4.90 Å². The molecule has 0 saturated carbocycles. The number of likely N-dealkylation sites (tertiary alicyclic amines) is 1. The third kappa shape index (κ3) is 3.21. The molecule has 0 bridgehead atoms. The minimum Gasteiger partial charge on any atom is -0.397 e. The summed E-state index contributed by atoms with van der Waals surface area (Å²) in [6.45, 7) is 3.90. The van der Waals surface area contributed by atoms with Crippen molar-refractivity contribution >= 4 is 33.3 Å². The molecule has 4 nitrogen and oxygen atoms in total. The predicted molar refractivity (Wildman–Crippen MR) is 82.3 cm³/mol. The highest BCUT2D eigenvalue weighted by Gasteiger charge is 2.24. The second-order valence-electron chi connectivity index (χ2n) is 5.21.